The number of imidazole rings is 2. The number of carbonyl (C=O) groups excluding carboxylic acids is 4. The zero-order valence-electron chi connectivity index (χ0n) is 35.3. The van der Waals surface area contributed by atoms with Gasteiger partial charge in [0.2, 0.25) is 11.8 Å². The molecule has 4 aromatic rings. The van der Waals surface area contributed by atoms with Gasteiger partial charge >= 0.3 is 12.2 Å². The molecule has 2 aromatic heterocycles. The summed E-state index contributed by atoms with van der Waals surface area (Å²) in [7, 11) is 4.43. The lowest BCUT2D eigenvalue weighted by molar-refractivity contribution is -0.133. The van der Waals surface area contributed by atoms with Crippen LogP contribution in [-0.4, -0.2) is 95.3 Å². The zero-order chi connectivity index (χ0) is 42.7. The number of hydrogen-bond donors (Lipinski definition) is 5. The fraction of sp³-hybridized carbons (Fsp3) is 0.511. The van der Waals surface area contributed by atoms with Crippen LogP contribution < -0.4 is 20.7 Å². The van der Waals surface area contributed by atoms with E-state index in [1.165, 1.54) is 14.2 Å². The number of rotatable bonds is 18. The van der Waals surface area contributed by atoms with Gasteiger partial charge in [0.25, 0.3) is 0 Å². The second-order valence-electron chi connectivity index (χ2n) is 16.3. The van der Waals surface area contributed by atoms with Crippen LogP contribution in [0.2, 0.25) is 0 Å². The van der Waals surface area contributed by atoms with Gasteiger partial charge < -0.3 is 45.0 Å². The van der Waals surface area contributed by atoms with Crippen LogP contribution in [0, 0.1) is 11.8 Å². The molecule has 2 fully saturated rings. The molecule has 3 aliphatic rings. The van der Waals surface area contributed by atoms with Gasteiger partial charge in [0, 0.05) is 44.1 Å². The quantitative estimate of drug-likeness (QED) is 0.0544. The van der Waals surface area contributed by atoms with E-state index in [0.717, 1.165) is 145 Å². The first-order chi connectivity index (χ1) is 29.7. The van der Waals surface area contributed by atoms with Gasteiger partial charge in [-0.25, -0.2) is 19.6 Å². The molecule has 1 aliphatic heterocycles. The van der Waals surface area contributed by atoms with Crippen LogP contribution in [0.3, 0.4) is 0 Å². The molecule has 2 aromatic carbocycles. The lowest BCUT2D eigenvalue weighted by atomic mass is 9.97. The number of methoxy groups -OCH3 is 2. The van der Waals surface area contributed by atoms with Crippen molar-refractivity contribution >= 4 is 35.8 Å². The van der Waals surface area contributed by atoms with Gasteiger partial charge in [-0.05, 0) is 93.5 Å². The highest BCUT2D eigenvalue weighted by molar-refractivity contribution is 7.99. The number of amides is 4. The Balaban J connectivity index is 0.856. The standard InChI is InChI=1S/C45H58N8O7S/c1-53(43(55)41(52-45(57)59-3)29-14-6-7-15-29)23-11-9-17-39-47-26-32(49-39)30-19-21-36-35(24-30)60-34-20-18-31(25-37(34)61-36)33-27-48-38(50-33)16-8-10-22-46-42(54)40(51-44(56)58-2)28-12-4-5-13-28/h18-21,24-29,40-41H,4-17,22-23H2,1-3H3,(H,46,54)(H,47,49)(H,48,50)(H,51,56)(H,52,57)/t40-,41?/m0/s1. The van der Waals surface area contributed by atoms with Crippen LogP contribution in [0.1, 0.15) is 88.7 Å². The first-order valence-corrected chi connectivity index (χ1v) is 22.4. The molecule has 3 heterocycles. The number of nitrogens with one attached hydrogen (secondary N) is 5. The van der Waals surface area contributed by atoms with Gasteiger partial charge in [0.1, 0.15) is 35.2 Å². The average Bonchev–Trinajstić information content (AvgIpc) is 4.14. The van der Waals surface area contributed by atoms with Crippen LogP contribution >= 0.6 is 11.8 Å². The molecule has 2 saturated carbocycles. The molecule has 4 amide bonds. The van der Waals surface area contributed by atoms with Gasteiger partial charge in [0.05, 0.1) is 47.8 Å². The van der Waals surface area contributed by atoms with Crippen molar-refractivity contribution in [2.45, 2.75) is 112 Å². The van der Waals surface area contributed by atoms with E-state index in [1.54, 1.807) is 23.7 Å². The Hall–Kier alpha value is -5.51. The van der Waals surface area contributed by atoms with Gasteiger partial charge in [0.15, 0.2) is 0 Å². The molecule has 16 heteroatoms. The third-order valence-corrected chi connectivity index (χ3v) is 13.2. The zero-order valence-corrected chi connectivity index (χ0v) is 36.2. The third kappa shape index (κ3) is 11.3. The van der Waals surface area contributed by atoms with Crippen molar-refractivity contribution in [1.29, 1.82) is 0 Å². The lowest BCUT2D eigenvalue weighted by Gasteiger charge is -2.28. The third-order valence-electron chi connectivity index (χ3n) is 12.1. The molecule has 0 bridgehead atoms. The topological polar surface area (TPSA) is 193 Å². The van der Waals surface area contributed by atoms with Crippen LogP contribution in [0.25, 0.3) is 22.5 Å². The number of H-pyrrole nitrogens is 2. The number of alkyl carbamates (subject to hydrolysis) is 2. The Morgan fingerprint density at radius 3 is 1.97 bits per heavy atom. The number of ether oxygens (including phenoxy) is 3. The first-order valence-electron chi connectivity index (χ1n) is 21.6. The number of aromatic amines is 2. The van der Waals surface area contributed by atoms with E-state index in [2.05, 4.69) is 54.1 Å². The molecule has 0 radical (unpaired) electrons. The first kappa shape index (κ1) is 43.6. The molecule has 2 aliphatic carbocycles. The van der Waals surface area contributed by atoms with E-state index in [-0.39, 0.29) is 23.7 Å². The van der Waals surface area contributed by atoms with E-state index < -0.39 is 24.3 Å². The van der Waals surface area contributed by atoms with Crippen molar-refractivity contribution < 1.29 is 33.4 Å². The van der Waals surface area contributed by atoms with E-state index >= 15 is 0 Å². The summed E-state index contributed by atoms with van der Waals surface area (Å²) in [5.74, 6) is 3.43. The van der Waals surface area contributed by atoms with Gasteiger partial charge in [-0.3, -0.25) is 9.59 Å². The Morgan fingerprint density at radius 1 is 0.754 bits per heavy atom. The second kappa shape index (κ2) is 20.8. The maximum atomic E-state index is 13.3. The molecule has 61 heavy (non-hydrogen) atoms. The monoisotopic (exact) mass is 854 g/mol. The van der Waals surface area contributed by atoms with Crippen molar-refractivity contribution in [2.75, 3.05) is 34.4 Å². The van der Waals surface area contributed by atoms with E-state index in [9.17, 15) is 19.2 Å². The summed E-state index contributed by atoms with van der Waals surface area (Å²) in [5, 5.41) is 8.51. The number of carbonyl (C=O) groups is 4. The Morgan fingerprint density at radius 2 is 1.33 bits per heavy atom. The summed E-state index contributed by atoms with van der Waals surface area (Å²) in [6, 6.07) is 11.2. The van der Waals surface area contributed by atoms with Crippen molar-refractivity contribution in [3.63, 3.8) is 0 Å². The highest BCUT2D eigenvalue weighted by atomic mass is 32.2. The van der Waals surface area contributed by atoms with Gasteiger partial charge in [-0.2, -0.15) is 0 Å². The highest BCUT2D eigenvalue weighted by Crippen LogP contribution is 2.49. The summed E-state index contributed by atoms with van der Waals surface area (Å²) in [6.45, 7) is 1.12. The molecule has 2 atom stereocenters. The minimum Gasteiger partial charge on any atom is -0.455 e. The number of hydrogen-bond acceptors (Lipinski definition) is 10. The van der Waals surface area contributed by atoms with Crippen LogP contribution in [-0.2, 0) is 31.9 Å². The number of benzene rings is 2. The molecule has 0 saturated heterocycles. The Labute approximate surface area is 361 Å². The number of aromatic nitrogens is 4. The molecule has 326 valence electrons. The SMILES string of the molecule is COC(=O)NC(C(=O)N(C)CCCCc1ncc(-c2ccc3c(c2)Oc2ccc(-c4cnc(CCCCNC(=O)[C@@H](NC(=O)OC)C5CCCC5)[nH]4)cc2S3)[nH]1)C1CCCC1. The highest BCUT2D eigenvalue weighted by Gasteiger charge is 2.34. The summed E-state index contributed by atoms with van der Waals surface area (Å²) >= 11 is 1.67. The summed E-state index contributed by atoms with van der Waals surface area (Å²) in [6.07, 6.45) is 15.4. The number of unbranched alkanes of at least 4 members (excludes halogenated alkanes) is 2. The smallest absolute Gasteiger partial charge is 0.407 e. The molecule has 7 rings (SSSR count). The lowest BCUT2D eigenvalue weighted by Crippen LogP contribution is -2.51. The molecule has 0 spiro atoms. The molecule has 5 N–H and O–H groups in total. The minimum atomic E-state index is -0.576. The summed E-state index contributed by atoms with van der Waals surface area (Å²) < 4.78 is 15.9. The predicted molar refractivity (Wildman–Crippen MR) is 231 cm³/mol. The maximum absolute atomic E-state index is 13.3. The van der Waals surface area contributed by atoms with Crippen LogP contribution in [0.4, 0.5) is 9.59 Å². The molecular weight excluding hydrogens is 797 g/mol. The van der Waals surface area contributed by atoms with Crippen molar-refractivity contribution in [1.82, 2.24) is 40.8 Å². The molecule has 15 nitrogen and oxygen atoms in total. The largest absolute Gasteiger partial charge is 0.455 e. The normalized spacial score (nSPS) is 15.9. The van der Waals surface area contributed by atoms with Crippen LogP contribution in [0.15, 0.2) is 58.6 Å². The molecule has 1 unspecified atom stereocenters. The van der Waals surface area contributed by atoms with Crippen molar-refractivity contribution in [2.24, 2.45) is 11.8 Å². The maximum Gasteiger partial charge on any atom is 0.407 e. The minimum absolute atomic E-state index is 0.0640. The Kier molecular flexibility index (Phi) is 14.9. The Bertz CT molecular complexity index is 2140. The summed E-state index contributed by atoms with van der Waals surface area (Å²) in [4.78, 5) is 69.9. The average molecular weight is 855 g/mol. The van der Waals surface area contributed by atoms with E-state index in [1.807, 2.05) is 30.6 Å². The van der Waals surface area contributed by atoms with E-state index in [4.69, 9.17) is 14.2 Å². The fourth-order valence-corrected chi connectivity index (χ4v) is 9.62. The van der Waals surface area contributed by atoms with Crippen molar-refractivity contribution in [3.05, 3.63) is 60.4 Å². The number of fused-ring (bicyclic) bond motifs is 2. The number of likely N-dealkylation sites (N-methyl/N-ethyl adjacent to an activating group) is 1. The predicted octanol–water partition coefficient (Wildman–Crippen LogP) is 7.77. The number of nitrogens with zero attached hydrogens (tertiary/aromatic N) is 3. The van der Waals surface area contributed by atoms with Gasteiger partial charge in [-0.15, -0.1) is 0 Å². The van der Waals surface area contributed by atoms with E-state index in [0.29, 0.717) is 13.1 Å². The number of aryl methyl sites for hydroxylation is 2. The summed E-state index contributed by atoms with van der Waals surface area (Å²) in [5.41, 5.74) is 3.84. The fourth-order valence-electron chi connectivity index (χ4n) is 8.65. The molecular formula is C45H58N8O7S. The van der Waals surface area contributed by atoms with Gasteiger partial charge in [-0.1, -0.05) is 43.5 Å². The van der Waals surface area contributed by atoms with Crippen LogP contribution in [0.5, 0.6) is 11.5 Å². The van der Waals surface area contributed by atoms with Crippen molar-refractivity contribution in [3.8, 4) is 34.0 Å². The second-order valence-corrected chi connectivity index (χ2v) is 17.4.